The Morgan fingerprint density at radius 3 is 2.70 bits per heavy atom. The Balaban J connectivity index is 1.33. The van der Waals surface area contributed by atoms with Crippen LogP contribution in [0, 0.1) is 6.92 Å². The molecule has 0 saturated carbocycles. The van der Waals surface area contributed by atoms with Gasteiger partial charge in [-0.25, -0.2) is 4.68 Å². The fraction of sp³-hybridized carbons (Fsp3) is 0.375. The molecule has 1 amide bonds. The number of carbonyl (C=O) groups excluding carboxylic acids is 1. The van der Waals surface area contributed by atoms with Gasteiger partial charge in [0.1, 0.15) is 11.3 Å². The second kappa shape index (κ2) is 10.4. The van der Waals surface area contributed by atoms with Crippen molar-refractivity contribution in [3.63, 3.8) is 0 Å². The lowest BCUT2D eigenvalue weighted by Gasteiger charge is -2.30. The van der Waals surface area contributed by atoms with Crippen molar-refractivity contribution in [3.8, 4) is 5.75 Å². The number of hydrogen-bond acceptors (Lipinski definition) is 5. The number of aliphatic carboxylic acids is 1. The molecule has 3 aromatic carbocycles. The molecule has 40 heavy (non-hydrogen) atoms. The Kier molecular flexibility index (Phi) is 6.78. The number of rotatable bonds is 7. The molecule has 3 heterocycles. The number of carbonyl (C=O) groups is 2. The maximum absolute atomic E-state index is 13.7. The van der Waals surface area contributed by atoms with Gasteiger partial charge in [0, 0.05) is 43.1 Å². The van der Waals surface area contributed by atoms with E-state index in [2.05, 4.69) is 29.4 Å². The highest BCUT2D eigenvalue weighted by Gasteiger charge is 2.29. The van der Waals surface area contributed by atoms with Crippen LogP contribution in [-0.2, 0) is 37.1 Å². The number of hydrogen-bond donors (Lipinski definition) is 1. The van der Waals surface area contributed by atoms with Crippen molar-refractivity contribution in [2.45, 2.75) is 65.5 Å². The van der Waals surface area contributed by atoms with Gasteiger partial charge in [-0.2, -0.15) is 0 Å². The monoisotopic (exact) mass is 538 g/mol. The zero-order chi connectivity index (χ0) is 28.0. The number of amides is 1. The van der Waals surface area contributed by atoms with Crippen LogP contribution >= 0.6 is 0 Å². The number of carboxylic acids is 1. The van der Waals surface area contributed by atoms with Crippen molar-refractivity contribution in [1.29, 1.82) is 0 Å². The van der Waals surface area contributed by atoms with E-state index in [9.17, 15) is 14.7 Å². The topological polar surface area (TPSA) is 97.5 Å². The molecule has 1 aromatic heterocycles. The van der Waals surface area contributed by atoms with Crippen LogP contribution in [0.5, 0.6) is 5.75 Å². The lowest BCUT2D eigenvalue weighted by molar-refractivity contribution is -0.137. The molecule has 4 aromatic rings. The van der Waals surface area contributed by atoms with Crippen molar-refractivity contribution in [2.24, 2.45) is 0 Å². The van der Waals surface area contributed by atoms with Gasteiger partial charge >= 0.3 is 5.97 Å². The quantitative estimate of drug-likeness (QED) is 0.353. The molecule has 2 aliphatic rings. The molecule has 8 nitrogen and oxygen atoms in total. The van der Waals surface area contributed by atoms with E-state index in [4.69, 9.17) is 4.74 Å². The van der Waals surface area contributed by atoms with Crippen LogP contribution in [0.3, 0.4) is 0 Å². The van der Waals surface area contributed by atoms with Crippen LogP contribution in [-0.4, -0.2) is 50.0 Å². The average molecular weight is 539 g/mol. The Hall–Kier alpha value is -4.20. The summed E-state index contributed by atoms with van der Waals surface area (Å²) in [6, 6.07) is 14.2. The fourth-order valence-electron chi connectivity index (χ4n) is 6.35. The summed E-state index contributed by atoms with van der Waals surface area (Å²) in [5.41, 5.74) is 9.74. The smallest absolute Gasteiger partial charge is 0.304 e. The summed E-state index contributed by atoms with van der Waals surface area (Å²) < 4.78 is 7.73. The van der Waals surface area contributed by atoms with Gasteiger partial charge in [0.05, 0.1) is 18.5 Å². The average Bonchev–Trinajstić information content (AvgIpc) is 3.63. The Morgan fingerprint density at radius 2 is 1.93 bits per heavy atom. The van der Waals surface area contributed by atoms with E-state index in [1.807, 2.05) is 53.8 Å². The van der Waals surface area contributed by atoms with Crippen LogP contribution in [0.4, 0.5) is 0 Å². The van der Waals surface area contributed by atoms with Crippen molar-refractivity contribution < 1.29 is 19.4 Å². The maximum Gasteiger partial charge on any atom is 0.304 e. The van der Waals surface area contributed by atoms with Gasteiger partial charge in [0.2, 0.25) is 0 Å². The first kappa shape index (κ1) is 26.0. The van der Waals surface area contributed by atoms with Crippen molar-refractivity contribution in [2.75, 3.05) is 13.2 Å². The molecule has 6 rings (SSSR count). The Morgan fingerprint density at radius 1 is 1.07 bits per heavy atom. The van der Waals surface area contributed by atoms with E-state index in [0.29, 0.717) is 26.2 Å². The largest absolute Gasteiger partial charge is 0.493 e. The molecular weight excluding hydrogens is 504 g/mol. The minimum absolute atomic E-state index is 0.0304. The number of benzene rings is 3. The van der Waals surface area contributed by atoms with Crippen molar-refractivity contribution in [1.82, 2.24) is 19.9 Å². The molecule has 0 fully saturated rings. The van der Waals surface area contributed by atoms with Gasteiger partial charge in [-0.1, -0.05) is 42.5 Å². The molecule has 0 radical (unpaired) electrons. The standard InChI is InChI=1S/C32H34N4O4/c1-4-20-8-9-26(25-13-15-40-31(20)25)32(39)35-14-12-21-6-7-22(16-23(21)18-35)27(17-29(37)38)24-10-11-28-30(19(24)3)33-34-36(28)5-2/h6-11,16,27H,4-5,12-15,17-18H2,1-3H3,(H,37,38). The number of aromatic nitrogens is 3. The Labute approximate surface area is 233 Å². The van der Waals surface area contributed by atoms with Gasteiger partial charge in [0.25, 0.3) is 5.91 Å². The summed E-state index contributed by atoms with van der Waals surface area (Å²) in [5, 5.41) is 18.5. The second-order valence-electron chi connectivity index (χ2n) is 10.7. The van der Waals surface area contributed by atoms with Crippen LogP contribution < -0.4 is 4.74 Å². The number of ether oxygens (including phenoxy) is 1. The fourth-order valence-corrected chi connectivity index (χ4v) is 6.35. The molecule has 206 valence electrons. The van der Waals surface area contributed by atoms with Crippen LogP contribution in [0.25, 0.3) is 11.0 Å². The summed E-state index contributed by atoms with van der Waals surface area (Å²) in [4.78, 5) is 27.7. The predicted octanol–water partition coefficient (Wildman–Crippen LogP) is 5.06. The first-order valence-electron chi connectivity index (χ1n) is 14.1. The molecule has 2 aliphatic heterocycles. The summed E-state index contributed by atoms with van der Waals surface area (Å²) in [5.74, 6) is -0.284. The van der Waals surface area contributed by atoms with Gasteiger partial charge in [-0.3, -0.25) is 9.59 Å². The van der Waals surface area contributed by atoms with E-state index in [1.54, 1.807) is 0 Å². The van der Waals surface area contributed by atoms with Gasteiger partial charge in [-0.15, -0.1) is 5.10 Å². The lowest BCUT2D eigenvalue weighted by Crippen LogP contribution is -2.36. The molecule has 1 unspecified atom stereocenters. The maximum atomic E-state index is 13.7. The number of fused-ring (bicyclic) bond motifs is 3. The molecule has 8 heteroatoms. The first-order chi connectivity index (χ1) is 19.4. The number of carboxylic acid groups (broad SMARTS) is 1. The SMILES string of the molecule is CCc1ccc(C(=O)N2CCc3ccc(C(CC(=O)O)c4ccc5c(nnn5CC)c4C)cc3C2)c2c1OCC2. The van der Waals surface area contributed by atoms with E-state index < -0.39 is 5.97 Å². The summed E-state index contributed by atoms with van der Waals surface area (Å²) >= 11 is 0. The third kappa shape index (κ3) is 4.41. The lowest BCUT2D eigenvalue weighted by atomic mass is 9.83. The zero-order valence-electron chi connectivity index (χ0n) is 23.2. The first-order valence-corrected chi connectivity index (χ1v) is 14.1. The number of nitrogens with zero attached hydrogens (tertiary/aromatic N) is 4. The van der Waals surface area contributed by atoms with E-state index in [1.165, 1.54) is 5.56 Å². The second-order valence-corrected chi connectivity index (χ2v) is 10.7. The minimum Gasteiger partial charge on any atom is -0.493 e. The molecular formula is C32H34N4O4. The van der Waals surface area contributed by atoms with E-state index in [0.717, 1.165) is 75.0 Å². The van der Waals surface area contributed by atoms with E-state index >= 15 is 0 Å². The zero-order valence-corrected chi connectivity index (χ0v) is 23.2. The highest BCUT2D eigenvalue weighted by atomic mass is 16.5. The van der Waals surface area contributed by atoms with Crippen molar-refractivity contribution >= 4 is 22.9 Å². The predicted molar refractivity (Wildman–Crippen MR) is 152 cm³/mol. The normalized spacial score (nSPS) is 15.0. The molecule has 0 aliphatic carbocycles. The van der Waals surface area contributed by atoms with E-state index in [-0.39, 0.29) is 18.2 Å². The van der Waals surface area contributed by atoms with Gasteiger partial charge in [0.15, 0.2) is 0 Å². The third-order valence-corrected chi connectivity index (χ3v) is 8.52. The highest BCUT2D eigenvalue weighted by Crippen LogP contribution is 2.37. The Bertz CT molecular complexity index is 1640. The molecule has 1 atom stereocenters. The van der Waals surface area contributed by atoms with Crippen LogP contribution in [0.2, 0.25) is 0 Å². The highest BCUT2D eigenvalue weighted by molar-refractivity contribution is 5.97. The summed E-state index contributed by atoms with van der Waals surface area (Å²) in [7, 11) is 0. The summed E-state index contributed by atoms with van der Waals surface area (Å²) in [6.45, 7) is 8.59. The number of aryl methyl sites for hydroxylation is 3. The minimum atomic E-state index is -0.858. The molecule has 0 saturated heterocycles. The van der Waals surface area contributed by atoms with Crippen LogP contribution in [0.1, 0.15) is 75.5 Å². The molecule has 0 bridgehead atoms. The summed E-state index contributed by atoms with van der Waals surface area (Å²) in [6.07, 6.45) is 2.36. The third-order valence-electron chi connectivity index (χ3n) is 8.52. The van der Waals surface area contributed by atoms with Gasteiger partial charge < -0.3 is 14.7 Å². The van der Waals surface area contributed by atoms with Crippen LogP contribution in [0.15, 0.2) is 42.5 Å². The molecule has 0 spiro atoms. The van der Waals surface area contributed by atoms with Crippen molar-refractivity contribution in [3.05, 3.63) is 87.0 Å². The van der Waals surface area contributed by atoms with Gasteiger partial charge in [-0.05, 0) is 72.2 Å². The molecule has 1 N–H and O–H groups in total.